The first kappa shape index (κ1) is 32.0. The van der Waals surface area contributed by atoms with Crippen molar-refractivity contribution >= 4 is 93.2 Å². The molecule has 0 spiro atoms. The van der Waals surface area contributed by atoms with Gasteiger partial charge in [-0.1, -0.05) is 42.7 Å². The molecule has 27 heavy (non-hydrogen) atoms. The van der Waals surface area contributed by atoms with Gasteiger partial charge in [-0.2, -0.15) is 0 Å². The number of nitrogens with zero attached hydrogens (tertiary/aromatic N) is 1. The van der Waals surface area contributed by atoms with E-state index in [1.165, 1.54) is 16.7 Å². The fraction of sp³-hybridized carbons (Fsp3) is 0.438. The molecule has 0 heterocycles. The van der Waals surface area contributed by atoms with Crippen LogP contribution in [0.15, 0.2) is 12.1 Å². The second kappa shape index (κ2) is 18.4. The van der Waals surface area contributed by atoms with E-state index in [1.54, 1.807) is 4.90 Å². The van der Waals surface area contributed by atoms with E-state index in [4.69, 9.17) is 5.73 Å². The largest absolute Gasteiger partial charge is 2.00 e. The molecule has 0 saturated carbocycles. The fourth-order valence-corrected chi connectivity index (χ4v) is 1.74. The van der Waals surface area contributed by atoms with Crippen molar-refractivity contribution in [2.24, 2.45) is 0 Å². The molecule has 0 aliphatic heterocycles. The molecule has 0 unspecified atom stereocenters. The third-order valence-corrected chi connectivity index (χ3v) is 4.53. The minimum absolute atomic E-state index is 0. The van der Waals surface area contributed by atoms with Crippen LogP contribution in [0.5, 0.6) is 0 Å². The van der Waals surface area contributed by atoms with Crippen molar-refractivity contribution < 1.29 is 19.5 Å². The Morgan fingerprint density at radius 1 is 0.926 bits per heavy atom. The molecule has 11 heteroatoms. The van der Waals surface area contributed by atoms with Crippen LogP contribution in [0.2, 0.25) is 0 Å². The zero-order valence-corrected chi connectivity index (χ0v) is 24.5. The van der Waals surface area contributed by atoms with Crippen LogP contribution >= 0.6 is 74.5 Å². The number of anilines is 1. The molecule has 0 amide bonds. The van der Waals surface area contributed by atoms with E-state index >= 15 is 0 Å². The van der Waals surface area contributed by atoms with Crippen molar-refractivity contribution in [1.82, 2.24) is 15.5 Å². The van der Waals surface area contributed by atoms with Crippen molar-refractivity contribution in [3.05, 3.63) is 28.8 Å². The summed E-state index contributed by atoms with van der Waals surface area (Å²) >= 11 is 25.5. The van der Waals surface area contributed by atoms with E-state index in [2.05, 4.69) is 112 Å². The molecule has 4 N–H and O–H groups in total. The van der Waals surface area contributed by atoms with Crippen LogP contribution < -0.4 is 16.4 Å². The van der Waals surface area contributed by atoms with Crippen LogP contribution in [0.4, 0.5) is 5.69 Å². The topological polar surface area (TPSA) is 53.3 Å². The van der Waals surface area contributed by atoms with Crippen LogP contribution in [0.3, 0.4) is 0 Å². The van der Waals surface area contributed by atoms with Gasteiger partial charge in [0.25, 0.3) is 0 Å². The van der Waals surface area contributed by atoms with Gasteiger partial charge in [0.2, 0.25) is 0 Å². The minimum atomic E-state index is 0. The molecular weight excluding hydrogens is 506 g/mol. The molecule has 1 aromatic rings. The Hall–Kier alpha value is 0.363. The Kier molecular flexibility index (Phi) is 21.8. The third kappa shape index (κ3) is 19.5. The summed E-state index contributed by atoms with van der Waals surface area (Å²) in [7, 11) is 3.71. The minimum Gasteiger partial charge on any atom is -0.399 e. The van der Waals surface area contributed by atoms with E-state index in [9.17, 15) is 0 Å². The number of nitrogen functional groups attached to an aromatic ring is 1. The fourth-order valence-electron chi connectivity index (χ4n) is 1.32. The van der Waals surface area contributed by atoms with E-state index in [0.717, 1.165) is 5.69 Å². The summed E-state index contributed by atoms with van der Waals surface area (Å²) in [5, 5.41) is 5.68. The van der Waals surface area contributed by atoms with E-state index in [1.807, 2.05) is 20.2 Å². The summed E-state index contributed by atoms with van der Waals surface area (Å²) in [5.74, 6) is 0. The van der Waals surface area contributed by atoms with Gasteiger partial charge in [0.1, 0.15) is 13.0 Å². The molecule has 0 radical (unpaired) electrons. The molecule has 0 saturated heterocycles. The van der Waals surface area contributed by atoms with Crippen molar-refractivity contribution in [3.8, 4) is 0 Å². The molecular formula is C16H28N4S6Zn+2. The average Bonchev–Trinajstić information content (AvgIpc) is 2.54. The molecule has 4 nitrogen and oxygen atoms in total. The van der Waals surface area contributed by atoms with Gasteiger partial charge in [0, 0.05) is 32.9 Å². The molecule has 1 aromatic carbocycles. The maximum Gasteiger partial charge on any atom is 2.00 e. The third-order valence-electron chi connectivity index (χ3n) is 3.16. The van der Waals surface area contributed by atoms with E-state index in [-0.39, 0.29) is 19.5 Å². The Balaban J connectivity index is -0.000000325. The number of hydrogen-bond donors (Lipinski definition) is 6. The number of thiol groups is 3. The summed E-state index contributed by atoms with van der Waals surface area (Å²) in [6.45, 7) is 7.67. The van der Waals surface area contributed by atoms with Crippen molar-refractivity contribution in [2.45, 2.75) is 20.8 Å². The van der Waals surface area contributed by atoms with Crippen molar-refractivity contribution in [3.63, 3.8) is 0 Å². The quantitative estimate of drug-likeness (QED) is 0.117. The Morgan fingerprint density at radius 2 is 1.30 bits per heavy atom. The number of thiocarbonyl (C=S) groups is 3. The van der Waals surface area contributed by atoms with Gasteiger partial charge in [-0.15, -0.1) is 37.9 Å². The standard InChI is InChI=1S/C9H13N.C4H8N2S4.C3H7NS2.Zn/c1-6-4-5-9(10)8(3)7(6)2;7-3(8)5-1-2-6-4(9)10;1-4(2)3(5)6;/h4-5H,10H2,1-3H3;1-2H2,(H2,5,7,8)(H2,6,9,10);1-2H3,(H,5,6);/q;;;+2. The van der Waals surface area contributed by atoms with Crippen LogP contribution in [0, 0.1) is 20.8 Å². The molecule has 0 aliphatic carbocycles. The summed E-state index contributed by atoms with van der Waals surface area (Å²) < 4.78 is 1.61. The summed E-state index contributed by atoms with van der Waals surface area (Å²) in [6.07, 6.45) is 0. The van der Waals surface area contributed by atoms with E-state index < -0.39 is 0 Å². The van der Waals surface area contributed by atoms with Gasteiger partial charge in [-0.25, -0.2) is 0 Å². The Bertz CT molecular complexity index is 568. The van der Waals surface area contributed by atoms with Gasteiger partial charge in [0.15, 0.2) is 0 Å². The first-order chi connectivity index (χ1) is 11.9. The first-order valence-corrected chi connectivity index (χ1v) is 10.1. The summed E-state index contributed by atoms with van der Waals surface area (Å²) in [5.41, 5.74) is 10.4. The smallest absolute Gasteiger partial charge is 0.399 e. The number of benzene rings is 1. The number of nitrogens with two attached hydrogens (primary N) is 1. The second-order valence-corrected chi connectivity index (χ2v) is 8.79. The number of aryl methyl sites for hydroxylation is 1. The monoisotopic (exact) mass is 532 g/mol. The number of rotatable bonds is 3. The zero-order valence-electron chi connectivity index (χ0n) is 16.4. The molecule has 0 fully saturated rings. The molecule has 0 bridgehead atoms. The summed E-state index contributed by atoms with van der Waals surface area (Å²) in [6, 6.07) is 4.01. The van der Waals surface area contributed by atoms with Crippen LogP contribution in [0.1, 0.15) is 16.7 Å². The van der Waals surface area contributed by atoms with Gasteiger partial charge in [0.05, 0.1) is 0 Å². The maximum absolute atomic E-state index is 5.69. The maximum atomic E-state index is 5.69. The predicted molar refractivity (Wildman–Crippen MR) is 140 cm³/mol. The van der Waals surface area contributed by atoms with Gasteiger partial charge in [-0.05, 0) is 43.5 Å². The summed E-state index contributed by atoms with van der Waals surface area (Å²) in [4.78, 5) is 1.76. The second-order valence-electron chi connectivity index (χ2n) is 5.36. The van der Waals surface area contributed by atoms with Crippen LogP contribution in [0.25, 0.3) is 0 Å². The molecule has 148 valence electrons. The Labute approximate surface area is 209 Å². The predicted octanol–water partition coefficient (Wildman–Crippen LogP) is 3.55. The first-order valence-electron chi connectivity index (χ1n) is 7.56. The van der Waals surface area contributed by atoms with Gasteiger partial charge >= 0.3 is 19.5 Å². The normalized spacial score (nSPS) is 8.59. The number of nitrogens with one attached hydrogen (secondary N) is 2. The zero-order chi connectivity index (χ0) is 20.9. The Morgan fingerprint density at radius 3 is 1.56 bits per heavy atom. The molecule has 0 aliphatic rings. The van der Waals surface area contributed by atoms with Crippen LogP contribution in [-0.4, -0.2) is 45.0 Å². The molecule has 0 atom stereocenters. The SMILES string of the molecule is CN(C)C(=S)S.Cc1ccc(N)c(C)c1C.S=C(S)NCCNC(=S)S.[Zn+2]. The number of hydrogen-bond acceptors (Lipinski definition) is 4. The molecule has 1 rings (SSSR count). The van der Waals surface area contributed by atoms with Crippen molar-refractivity contribution in [2.75, 3.05) is 32.9 Å². The van der Waals surface area contributed by atoms with Crippen LogP contribution in [-0.2, 0) is 19.5 Å². The molecule has 0 aromatic heterocycles. The van der Waals surface area contributed by atoms with E-state index in [0.29, 0.717) is 26.1 Å². The van der Waals surface area contributed by atoms with Crippen molar-refractivity contribution in [1.29, 1.82) is 0 Å². The van der Waals surface area contributed by atoms with Gasteiger partial charge in [-0.3, -0.25) is 0 Å². The average molecular weight is 534 g/mol. The van der Waals surface area contributed by atoms with Gasteiger partial charge < -0.3 is 21.3 Å².